The maximum atomic E-state index is 12.6. The maximum Gasteiger partial charge on any atom is 0.422 e. The van der Waals surface area contributed by atoms with Crippen LogP contribution >= 0.6 is 0 Å². The number of nitro benzene ring substituents is 1. The lowest BCUT2D eigenvalue weighted by molar-refractivity contribution is -0.385. The summed E-state index contributed by atoms with van der Waals surface area (Å²) in [5.74, 6) is -1.29. The molecular weight excluding hydrogens is 431 g/mol. The predicted molar refractivity (Wildman–Crippen MR) is 107 cm³/mol. The molecule has 3 rings (SSSR count). The molecule has 0 aliphatic carbocycles. The molecule has 0 spiro atoms. The number of nitro groups is 1. The third kappa shape index (κ3) is 5.96. The highest BCUT2D eigenvalue weighted by Crippen LogP contribution is 2.26. The lowest BCUT2D eigenvalue weighted by atomic mass is 10.1. The molecule has 8 nitrogen and oxygen atoms in total. The summed E-state index contributed by atoms with van der Waals surface area (Å²) in [5.41, 5.74) is 0.0569. The third-order valence-electron chi connectivity index (χ3n) is 4.83. The average molecular weight is 451 g/mol. The van der Waals surface area contributed by atoms with Crippen molar-refractivity contribution in [2.24, 2.45) is 0 Å². The summed E-state index contributed by atoms with van der Waals surface area (Å²) in [5, 5.41) is 13.7. The van der Waals surface area contributed by atoms with E-state index in [1.54, 1.807) is 29.2 Å². The lowest BCUT2D eigenvalue weighted by Crippen LogP contribution is -2.28. The first kappa shape index (κ1) is 23.0. The van der Waals surface area contributed by atoms with Crippen LogP contribution < -0.4 is 10.1 Å². The molecule has 32 heavy (non-hydrogen) atoms. The molecule has 0 aromatic heterocycles. The molecule has 0 radical (unpaired) electrons. The highest BCUT2D eigenvalue weighted by atomic mass is 19.4. The number of halogens is 3. The van der Waals surface area contributed by atoms with Crippen molar-refractivity contribution in [3.8, 4) is 5.75 Å². The van der Waals surface area contributed by atoms with Crippen LogP contribution in [0.1, 0.15) is 39.1 Å². The zero-order valence-corrected chi connectivity index (χ0v) is 16.9. The largest absolute Gasteiger partial charge is 0.484 e. The number of benzene rings is 2. The van der Waals surface area contributed by atoms with Crippen molar-refractivity contribution in [1.82, 2.24) is 10.2 Å². The molecule has 170 valence electrons. The molecule has 0 atom stereocenters. The number of alkyl halides is 3. The van der Waals surface area contributed by atoms with E-state index in [0.29, 0.717) is 24.2 Å². The third-order valence-corrected chi connectivity index (χ3v) is 4.83. The highest BCUT2D eigenvalue weighted by molar-refractivity contribution is 5.98. The van der Waals surface area contributed by atoms with Crippen molar-refractivity contribution in [1.29, 1.82) is 0 Å². The first-order valence-electron chi connectivity index (χ1n) is 9.78. The fourth-order valence-corrected chi connectivity index (χ4v) is 3.31. The molecule has 1 aliphatic heterocycles. The Bertz CT molecular complexity index is 1020. The Labute approximate surface area is 181 Å². The molecule has 0 unspecified atom stereocenters. The van der Waals surface area contributed by atoms with Crippen LogP contribution in [0.15, 0.2) is 42.5 Å². The summed E-state index contributed by atoms with van der Waals surface area (Å²) in [6.45, 7) is -0.249. The molecule has 0 saturated carbocycles. The number of hydrogen-bond donors (Lipinski definition) is 1. The van der Waals surface area contributed by atoms with Crippen LogP contribution in [0, 0.1) is 10.1 Å². The van der Waals surface area contributed by atoms with Crippen LogP contribution in [-0.4, -0.2) is 47.5 Å². The summed E-state index contributed by atoms with van der Waals surface area (Å²) >= 11 is 0. The molecule has 1 aliphatic rings. The SMILES string of the molecule is O=C(NCc1cccc(C(=O)N2CCCC2)c1)c1cc(OCC(F)(F)F)ccc1[N+](=O)[O-]. The molecule has 1 fully saturated rings. The maximum absolute atomic E-state index is 12.6. The number of carbonyl (C=O) groups excluding carboxylic acids is 2. The van der Waals surface area contributed by atoms with E-state index in [9.17, 15) is 32.9 Å². The number of likely N-dealkylation sites (tertiary alicyclic amines) is 1. The molecule has 1 N–H and O–H groups in total. The Morgan fingerprint density at radius 1 is 1.12 bits per heavy atom. The molecule has 1 saturated heterocycles. The van der Waals surface area contributed by atoms with E-state index in [0.717, 1.165) is 31.0 Å². The van der Waals surface area contributed by atoms with Crippen LogP contribution in [0.2, 0.25) is 0 Å². The van der Waals surface area contributed by atoms with Gasteiger partial charge in [-0.15, -0.1) is 0 Å². The lowest BCUT2D eigenvalue weighted by Gasteiger charge is -2.16. The van der Waals surface area contributed by atoms with E-state index >= 15 is 0 Å². The molecule has 11 heteroatoms. The van der Waals surface area contributed by atoms with Crippen molar-refractivity contribution >= 4 is 17.5 Å². The Balaban J connectivity index is 1.71. The summed E-state index contributed by atoms with van der Waals surface area (Å²) in [6, 6.07) is 9.43. The Morgan fingerprint density at radius 3 is 2.50 bits per heavy atom. The van der Waals surface area contributed by atoms with E-state index in [1.807, 2.05) is 0 Å². The zero-order chi connectivity index (χ0) is 23.3. The second kappa shape index (κ2) is 9.67. The zero-order valence-electron chi connectivity index (χ0n) is 16.9. The topological polar surface area (TPSA) is 102 Å². The van der Waals surface area contributed by atoms with Gasteiger partial charge in [-0.25, -0.2) is 0 Å². The molecule has 1 heterocycles. The van der Waals surface area contributed by atoms with Crippen LogP contribution in [0.25, 0.3) is 0 Å². The Hall–Kier alpha value is -3.63. The summed E-state index contributed by atoms with van der Waals surface area (Å²) in [4.78, 5) is 37.2. The van der Waals surface area contributed by atoms with Gasteiger partial charge >= 0.3 is 6.18 Å². The second-order valence-corrected chi connectivity index (χ2v) is 7.22. The van der Waals surface area contributed by atoms with Crippen LogP contribution in [0.5, 0.6) is 5.75 Å². The van der Waals surface area contributed by atoms with E-state index < -0.39 is 34.9 Å². The van der Waals surface area contributed by atoms with E-state index in [1.165, 1.54) is 0 Å². The minimum absolute atomic E-state index is 0.0370. The van der Waals surface area contributed by atoms with Gasteiger partial charge in [0.1, 0.15) is 11.3 Å². The second-order valence-electron chi connectivity index (χ2n) is 7.22. The predicted octanol–water partition coefficient (Wildman–Crippen LogP) is 3.70. The van der Waals surface area contributed by atoms with Gasteiger partial charge in [-0.1, -0.05) is 12.1 Å². The number of ether oxygens (including phenoxy) is 1. The van der Waals surface area contributed by atoms with Crippen molar-refractivity contribution in [2.75, 3.05) is 19.7 Å². The van der Waals surface area contributed by atoms with Gasteiger partial charge in [0.05, 0.1) is 4.92 Å². The fourth-order valence-electron chi connectivity index (χ4n) is 3.31. The van der Waals surface area contributed by atoms with Crippen LogP contribution in [0.3, 0.4) is 0 Å². The summed E-state index contributed by atoms with van der Waals surface area (Å²) in [7, 11) is 0. The number of nitrogens with zero attached hydrogens (tertiary/aromatic N) is 2. The van der Waals surface area contributed by atoms with Crippen LogP contribution in [-0.2, 0) is 6.54 Å². The summed E-state index contributed by atoms with van der Waals surface area (Å²) in [6.07, 6.45) is -2.69. The molecular formula is C21H20F3N3O5. The number of carbonyl (C=O) groups is 2. The molecule has 0 bridgehead atoms. The number of nitrogens with one attached hydrogen (secondary N) is 1. The van der Waals surface area contributed by atoms with Crippen molar-refractivity contribution in [3.63, 3.8) is 0 Å². The standard InChI is InChI=1S/C21H20F3N3O5/c22-21(23,24)13-32-16-6-7-18(27(30)31)17(11-16)19(28)25-12-14-4-3-5-15(10-14)20(29)26-8-1-2-9-26/h3-7,10-11H,1-2,8-9,12-13H2,(H,25,28). The fraction of sp³-hybridized carbons (Fsp3) is 0.333. The van der Waals surface area contributed by atoms with Gasteiger partial charge in [0, 0.05) is 31.3 Å². The first-order valence-corrected chi connectivity index (χ1v) is 9.78. The molecule has 2 aromatic carbocycles. The highest BCUT2D eigenvalue weighted by Gasteiger charge is 2.29. The Kier molecular flexibility index (Phi) is 6.96. The quantitative estimate of drug-likeness (QED) is 0.511. The molecule has 2 amide bonds. The molecule has 2 aromatic rings. The van der Waals surface area contributed by atoms with Gasteiger partial charge in [-0.3, -0.25) is 19.7 Å². The van der Waals surface area contributed by atoms with E-state index in [2.05, 4.69) is 10.1 Å². The normalized spacial score (nSPS) is 13.7. The number of rotatable bonds is 7. The van der Waals surface area contributed by atoms with E-state index in [-0.39, 0.29) is 18.2 Å². The van der Waals surface area contributed by atoms with Gasteiger partial charge < -0.3 is 15.0 Å². The average Bonchev–Trinajstić information content (AvgIpc) is 3.30. The van der Waals surface area contributed by atoms with Gasteiger partial charge in [-0.05, 0) is 42.7 Å². The van der Waals surface area contributed by atoms with Gasteiger partial charge in [0.2, 0.25) is 0 Å². The monoisotopic (exact) mass is 451 g/mol. The first-order chi connectivity index (χ1) is 15.1. The van der Waals surface area contributed by atoms with Crippen molar-refractivity contribution in [2.45, 2.75) is 25.6 Å². The van der Waals surface area contributed by atoms with Gasteiger partial charge in [0.15, 0.2) is 6.61 Å². The minimum Gasteiger partial charge on any atom is -0.484 e. The van der Waals surface area contributed by atoms with Crippen molar-refractivity contribution in [3.05, 3.63) is 69.3 Å². The van der Waals surface area contributed by atoms with Gasteiger partial charge in [-0.2, -0.15) is 13.2 Å². The van der Waals surface area contributed by atoms with Crippen LogP contribution in [0.4, 0.5) is 18.9 Å². The van der Waals surface area contributed by atoms with Gasteiger partial charge in [0.25, 0.3) is 17.5 Å². The number of hydrogen-bond acceptors (Lipinski definition) is 5. The summed E-state index contributed by atoms with van der Waals surface area (Å²) < 4.78 is 41.7. The smallest absolute Gasteiger partial charge is 0.422 e. The number of amides is 2. The van der Waals surface area contributed by atoms with Crippen molar-refractivity contribution < 1.29 is 32.4 Å². The minimum atomic E-state index is -4.60. The Morgan fingerprint density at radius 2 is 1.84 bits per heavy atom. The van der Waals surface area contributed by atoms with E-state index in [4.69, 9.17) is 0 Å².